The molecule has 0 aliphatic heterocycles. The average Bonchev–Trinajstić information content (AvgIpc) is 2.94. The Morgan fingerprint density at radius 2 is 1.88 bits per heavy atom. The first-order valence-electron chi connectivity index (χ1n) is 7.48. The lowest BCUT2D eigenvalue weighted by Gasteiger charge is -2.09. The summed E-state index contributed by atoms with van der Waals surface area (Å²) in [6.07, 6.45) is 2.34. The largest absolute Gasteiger partial charge is 0.320 e. The molecule has 3 nitrogen and oxygen atoms in total. The van der Waals surface area contributed by atoms with Crippen molar-refractivity contribution in [2.75, 3.05) is 0 Å². The molecule has 0 aliphatic rings. The number of aromatic nitrogens is 1. The third kappa shape index (κ3) is 3.05. The van der Waals surface area contributed by atoms with Crippen LogP contribution in [0.25, 0.3) is 22.0 Å². The summed E-state index contributed by atoms with van der Waals surface area (Å²) in [6, 6.07) is 10.2. The summed E-state index contributed by atoms with van der Waals surface area (Å²) < 4.78 is 1.58. The number of hydrogen-bond donors (Lipinski definition) is 1. The number of carbonyl (C=O) groups is 1. The number of nitrogens with two attached hydrogens (primary N) is 1. The topological polar surface area (TPSA) is 48.0 Å². The van der Waals surface area contributed by atoms with Gasteiger partial charge in [0.15, 0.2) is 0 Å². The van der Waals surface area contributed by atoms with Gasteiger partial charge in [-0.25, -0.2) is 0 Å². The minimum atomic E-state index is -0.557. The Kier molecular flexibility index (Phi) is 4.88. The number of halogens is 3. The first-order chi connectivity index (χ1) is 11.4. The predicted molar refractivity (Wildman–Crippen MR) is 101 cm³/mol. The Bertz CT molecular complexity index is 933. The Hall–Kier alpha value is -1.52. The number of hydrogen-bond acceptors (Lipinski definition) is 2. The van der Waals surface area contributed by atoms with E-state index in [1.165, 1.54) is 0 Å². The minimum absolute atomic E-state index is 0.156. The summed E-state index contributed by atoms with van der Waals surface area (Å²) in [6.45, 7) is 1.88. The number of fused-ring (bicyclic) bond motifs is 1. The summed E-state index contributed by atoms with van der Waals surface area (Å²) in [4.78, 5) is 12.6. The third-order valence-corrected chi connectivity index (χ3v) is 4.97. The molecule has 2 N–H and O–H groups in total. The first-order valence-corrected chi connectivity index (χ1v) is 8.61. The van der Waals surface area contributed by atoms with Gasteiger partial charge in [0.05, 0.1) is 21.6 Å². The van der Waals surface area contributed by atoms with E-state index >= 15 is 0 Å². The number of benzene rings is 2. The van der Waals surface area contributed by atoms with E-state index in [-0.39, 0.29) is 5.91 Å². The monoisotopic (exact) mass is 380 g/mol. The second-order valence-corrected chi connectivity index (χ2v) is 6.81. The van der Waals surface area contributed by atoms with Gasteiger partial charge in [-0.2, -0.15) is 0 Å². The fourth-order valence-corrected chi connectivity index (χ4v) is 3.10. The van der Waals surface area contributed by atoms with Gasteiger partial charge in [-0.15, -0.1) is 0 Å². The lowest BCUT2D eigenvalue weighted by atomic mass is 10.1. The number of rotatable bonds is 3. The lowest BCUT2D eigenvalue weighted by Crippen LogP contribution is -2.33. The fraction of sp³-hybridized carbons (Fsp3) is 0.167. The quantitative estimate of drug-likeness (QED) is 0.637. The van der Waals surface area contributed by atoms with Crippen molar-refractivity contribution in [1.29, 1.82) is 0 Å². The molecule has 2 aromatic carbocycles. The molecule has 0 spiro atoms. The third-order valence-electron chi connectivity index (χ3n) is 3.99. The summed E-state index contributed by atoms with van der Waals surface area (Å²) >= 11 is 18.3. The smallest absolute Gasteiger partial charge is 0.247 e. The van der Waals surface area contributed by atoms with Crippen LogP contribution in [0.2, 0.25) is 15.1 Å². The van der Waals surface area contributed by atoms with Gasteiger partial charge in [-0.1, -0.05) is 47.8 Å². The molecular weight excluding hydrogens is 367 g/mol. The van der Waals surface area contributed by atoms with Gasteiger partial charge in [0.25, 0.3) is 0 Å². The van der Waals surface area contributed by atoms with Crippen molar-refractivity contribution in [1.82, 2.24) is 4.57 Å². The fourth-order valence-electron chi connectivity index (χ4n) is 2.63. The van der Waals surface area contributed by atoms with Crippen molar-refractivity contribution in [2.45, 2.75) is 19.4 Å². The van der Waals surface area contributed by atoms with E-state index in [4.69, 9.17) is 40.5 Å². The highest BCUT2D eigenvalue weighted by molar-refractivity contribution is 6.42. The highest BCUT2D eigenvalue weighted by Gasteiger charge is 2.19. The molecule has 1 aromatic heterocycles. The molecule has 1 atom stereocenters. The molecule has 0 aliphatic carbocycles. The van der Waals surface area contributed by atoms with Crippen LogP contribution in [0.3, 0.4) is 0 Å². The van der Waals surface area contributed by atoms with Crippen molar-refractivity contribution in [3.8, 4) is 11.1 Å². The number of carbonyl (C=O) groups excluding carboxylic acids is 1. The van der Waals surface area contributed by atoms with E-state index in [1.54, 1.807) is 29.0 Å². The second-order valence-electron chi connectivity index (χ2n) is 5.56. The number of nitrogens with zero attached hydrogens (tertiary/aromatic N) is 1. The van der Waals surface area contributed by atoms with Gasteiger partial charge in [-0.3, -0.25) is 9.36 Å². The summed E-state index contributed by atoms with van der Waals surface area (Å²) in [5.74, 6) is -0.156. The van der Waals surface area contributed by atoms with Crippen molar-refractivity contribution in [3.05, 3.63) is 57.7 Å². The van der Waals surface area contributed by atoms with Crippen LogP contribution in [0.5, 0.6) is 0 Å². The highest BCUT2D eigenvalue weighted by atomic mass is 35.5. The minimum Gasteiger partial charge on any atom is -0.320 e. The summed E-state index contributed by atoms with van der Waals surface area (Å²) in [5, 5.41) is 2.38. The molecule has 0 radical (unpaired) electrons. The molecule has 1 heterocycles. The van der Waals surface area contributed by atoms with Crippen LogP contribution in [0.1, 0.15) is 18.1 Å². The molecule has 3 aromatic rings. The van der Waals surface area contributed by atoms with Crippen LogP contribution in [0, 0.1) is 0 Å². The zero-order chi connectivity index (χ0) is 17.4. The van der Waals surface area contributed by atoms with E-state index in [9.17, 15) is 4.79 Å². The van der Waals surface area contributed by atoms with Crippen molar-refractivity contribution >= 4 is 51.6 Å². The summed E-state index contributed by atoms with van der Waals surface area (Å²) in [7, 11) is 0. The maximum Gasteiger partial charge on any atom is 0.247 e. The average molecular weight is 382 g/mol. The van der Waals surface area contributed by atoms with Crippen LogP contribution < -0.4 is 5.73 Å². The molecular formula is C18H15Cl3N2O. The van der Waals surface area contributed by atoms with Crippen LogP contribution in [0.4, 0.5) is 0 Å². The van der Waals surface area contributed by atoms with Gasteiger partial charge in [0, 0.05) is 22.2 Å². The molecule has 0 unspecified atom stereocenters. The standard InChI is InChI=1S/C18H15Cl3N2O/c1-2-16(22)18(24)23-9-13(10-3-5-14(20)15(21)7-10)12-8-11(19)4-6-17(12)23/h3-9,16H,2,22H2,1H3/t16-/m0/s1. The molecule has 0 saturated heterocycles. The summed E-state index contributed by atoms with van der Waals surface area (Å²) in [5.41, 5.74) is 8.39. The highest BCUT2D eigenvalue weighted by Crippen LogP contribution is 2.35. The molecule has 6 heteroatoms. The Balaban J connectivity index is 2.26. The lowest BCUT2D eigenvalue weighted by molar-refractivity contribution is 0.0883. The normalized spacial score (nSPS) is 12.5. The van der Waals surface area contributed by atoms with Gasteiger partial charge in [0.1, 0.15) is 0 Å². The van der Waals surface area contributed by atoms with E-state index in [1.807, 2.05) is 25.1 Å². The van der Waals surface area contributed by atoms with Crippen LogP contribution in [0.15, 0.2) is 42.6 Å². The molecule has 24 heavy (non-hydrogen) atoms. The second kappa shape index (κ2) is 6.77. The van der Waals surface area contributed by atoms with E-state index < -0.39 is 6.04 Å². The van der Waals surface area contributed by atoms with Crippen molar-refractivity contribution < 1.29 is 4.79 Å². The Morgan fingerprint density at radius 1 is 1.12 bits per heavy atom. The first kappa shape index (κ1) is 17.3. The molecule has 0 bridgehead atoms. The molecule has 0 amide bonds. The van der Waals surface area contributed by atoms with Crippen LogP contribution >= 0.6 is 34.8 Å². The van der Waals surface area contributed by atoms with Crippen molar-refractivity contribution in [2.24, 2.45) is 5.73 Å². The Morgan fingerprint density at radius 3 is 2.54 bits per heavy atom. The molecule has 124 valence electrons. The van der Waals surface area contributed by atoms with E-state index in [0.717, 1.165) is 22.0 Å². The van der Waals surface area contributed by atoms with Crippen molar-refractivity contribution in [3.63, 3.8) is 0 Å². The molecule has 3 rings (SSSR count). The van der Waals surface area contributed by atoms with Gasteiger partial charge in [0.2, 0.25) is 5.91 Å². The zero-order valence-electron chi connectivity index (χ0n) is 12.9. The van der Waals surface area contributed by atoms with Gasteiger partial charge >= 0.3 is 0 Å². The van der Waals surface area contributed by atoms with Crippen LogP contribution in [-0.4, -0.2) is 16.5 Å². The van der Waals surface area contributed by atoms with Gasteiger partial charge in [-0.05, 0) is 42.3 Å². The zero-order valence-corrected chi connectivity index (χ0v) is 15.2. The van der Waals surface area contributed by atoms with E-state index in [0.29, 0.717) is 21.5 Å². The SMILES string of the molecule is CC[C@H](N)C(=O)n1cc(-c2ccc(Cl)c(Cl)c2)c2cc(Cl)ccc21. The Labute approximate surface area is 154 Å². The maximum absolute atomic E-state index is 12.6. The molecule has 0 saturated carbocycles. The predicted octanol–water partition coefficient (Wildman–Crippen LogP) is 5.65. The van der Waals surface area contributed by atoms with Gasteiger partial charge < -0.3 is 5.73 Å². The van der Waals surface area contributed by atoms with E-state index in [2.05, 4.69) is 0 Å². The molecule has 0 fully saturated rings. The van der Waals surface area contributed by atoms with Crippen LogP contribution in [-0.2, 0) is 0 Å². The maximum atomic E-state index is 12.6.